The molecule has 0 saturated carbocycles. The van der Waals surface area contributed by atoms with E-state index in [0.717, 1.165) is 12.0 Å². The normalized spacial score (nSPS) is 10.5. The van der Waals surface area contributed by atoms with Crippen molar-refractivity contribution in [2.45, 2.75) is 24.7 Å². The zero-order chi connectivity index (χ0) is 14.7. The quantitative estimate of drug-likeness (QED) is 0.515. The number of benzene rings is 1. The van der Waals surface area contributed by atoms with Crippen LogP contribution in [0, 0.1) is 17.0 Å². The number of aromatic nitrogens is 1. The molecule has 6 heteroatoms. The highest BCUT2D eigenvalue weighted by Crippen LogP contribution is 2.33. The molecule has 0 aliphatic rings. The Balaban J connectivity index is 2.32. The maximum Gasteiger partial charge on any atom is 0.324 e. The zero-order valence-electron chi connectivity index (χ0n) is 11.0. The second-order valence-electron chi connectivity index (χ2n) is 4.50. The first kappa shape index (κ1) is 14.3. The lowest BCUT2D eigenvalue weighted by Crippen LogP contribution is -2.06. The van der Waals surface area contributed by atoms with Gasteiger partial charge in [-0.1, -0.05) is 30.3 Å². The molecule has 5 nitrogen and oxygen atoms in total. The van der Waals surface area contributed by atoms with Crippen molar-refractivity contribution in [2.24, 2.45) is 0 Å². The molecule has 2 N–H and O–H groups in total. The van der Waals surface area contributed by atoms with Crippen LogP contribution in [0.25, 0.3) is 0 Å². The molecule has 0 fully saturated rings. The number of thiol groups is 1. The zero-order valence-corrected chi connectivity index (χ0v) is 11.9. The molecule has 0 spiro atoms. The lowest BCUT2D eigenvalue weighted by atomic mass is 10.0. The van der Waals surface area contributed by atoms with Crippen LogP contribution in [0.3, 0.4) is 0 Å². The van der Waals surface area contributed by atoms with Gasteiger partial charge < -0.3 is 5.73 Å². The summed E-state index contributed by atoms with van der Waals surface area (Å²) in [5.74, 6) is -0.0824. The number of nitrogens with zero attached hydrogens (tertiary/aromatic N) is 2. The third-order valence-electron chi connectivity index (χ3n) is 3.17. The molecule has 104 valence electrons. The number of nitrogens with two attached hydrogens (primary N) is 1. The predicted octanol–water partition coefficient (Wildman–Crippen LogP) is 2.95. The van der Waals surface area contributed by atoms with Crippen molar-refractivity contribution in [2.75, 3.05) is 5.73 Å². The van der Waals surface area contributed by atoms with Gasteiger partial charge in [0.05, 0.1) is 9.82 Å². The third kappa shape index (κ3) is 2.91. The van der Waals surface area contributed by atoms with E-state index >= 15 is 0 Å². The van der Waals surface area contributed by atoms with Crippen molar-refractivity contribution in [3.05, 3.63) is 57.3 Å². The fraction of sp³-hybridized carbons (Fsp3) is 0.214. The van der Waals surface area contributed by atoms with Gasteiger partial charge in [-0.05, 0) is 30.9 Å². The number of nitro groups is 1. The molecule has 0 unspecified atom stereocenters. The van der Waals surface area contributed by atoms with Gasteiger partial charge in [-0.2, -0.15) is 0 Å². The largest absolute Gasteiger partial charge is 0.378 e. The van der Waals surface area contributed by atoms with Crippen molar-refractivity contribution < 1.29 is 4.92 Å². The fourth-order valence-electron chi connectivity index (χ4n) is 2.13. The van der Waals surface area contributed by atoms with Crippen LogP contribution < -0.4 is 5.73 Å². The van der Waals surface area contributed by atoms with E-state index < -0.39 is 4.92 Å². The Hall–Kier alpha value is -2.08. The first-order valence-corrected chi connectivity index (χ1v) is 6.61. The molecule has 1 aromatic carbocycles. The summed E-state index contributed by atoms with van der Waals surface area (Å²) < 4.78 is 0. The maximum absolute atomic E-state index is 11.0. The van der Waals surface area contributed by atoms with Crippen LogP contribution in [0.1, 0.15) is 16.8 Å². The number of rotatable bonds is 4. The molecule has 0 atom stereocenters. The minimum Gasteiger partial charge on any atom is -0.378 e. The summed E-state index contributed by atoms with van der Waals surface area (Å²) >= 11 is 4.27. The molecule has 0 saturated heterocycles. The highest BCUT2D eigenvalue weighted by molar-refractivity contribution is 7.80. The SMILES string of the molecule is Cc1nc(N)c([N+](=O)[O-])c(S)c1CCc1ccccc1. The molecule has 20 heavy (non-hydrogen) atoms. The lowest BCUT2D eigenvalue weighted by molar-refractivity contribution is -0.387. The van der Waals surface area contributed by atoms with E-state index in [4.69, 9.17) is 5.73 Å². The number of hydrogen-bond acceptors (Lipinski definition) is 5. The summed E-state index contributed by atoms with van der Waals surface area (Å²) in [6, 6.07) is 9.93. The van der Waals surface area contributed by atoms with Gasteiger partial charge in [0.15, 0.2) is 0 Å². The standard InChI is InChI=1S/C14H15N3O2S/c1-9-11(8-7-10-5-3-2-4-6-10)13(20)12(17(18)19)14(15)16-9/h2-6H,7-8H2,1H3,(H3,15,16,20). The van der Waals surface area contributed by atoms with Gasteiger partial charge in [0, 0.05) is 5.69 Å². The van der Waals surface area contributed by atoms with Crippen molar-refractivity contribution in [3.8, 4) is 0 Å². The first-order chi connectivity index (χ1) is 9.50. The van der Waals surface area contributed by atoms with E-state index in [1.54, 1.807) is 6.92 Å². The van der Waals surface area contributed by atoms with Crippen LogP contribution in [0.5, 0.6) is 0 Å². The Kier molecular flexibility index (Phi) is 4.24. The van der Waals surface area contributed by atoms with Crippen LogP contribution in [-0.4, -0.2) is 9.91 Å². The average Bonchev–Trinajstić information content (AvgIpc) is 2.38. The van der Waals surface area contributed by atoms with E-state index in [1.807, 2.05) is 30.3 Å². The molecule has 0 aliphatic heterocycles. The number of nitrogen functional groups attached to an aromatic ring is 1. The summed E-state index contributed by atoms with van der Waals surface area (Å²) in [4.78, 5) is 14.9. The van der Waals surface area contributed by atoms with Gasteiger partial charge >= 0.3 is 5.69 Å². The van der Waals surface area contributed by atoms with E-state index in [2.05, 4.69) is 17.6 Å². The molecule has 2 aromatic rings. The third-order valence-corrected chi connectivity index (χ3v) is 3.65. The molecule has 1 heterocycles. The fourth-order valence-corrected chi connectivity index (χ4v) is 2.60. The highest BCUT2D eigenvalue weighted by atomic mass is 32.1. The Labute approximate surface area is 122 Å². The molecule has 2 rings (SSSR count). The second-order valence-corrected chi connectivity index (χ2v) is 4.95. The van der Waals surface area contributed by atoms with Crippen molar-refractivity contribution in [1.29, 1.82) is 0 Å². The molecule has 0 aliphatic carbocycles. The van der Waals surface area contributed by atoms with Crippen molar-refractivity contribution >= 4 is 24.1 Å². The Morgan fingerprint density at radius 3 is 2.55 bits per heavy atom. The predicted molar refractivity (Wildman–Crippen MR) is 81.1 cm³/mol. The van der Waals surface area contributed by atoms with Crippen LogP contribution in [0.4, 0.5) is 11.5 Å². The minimum atomic E-state index is -0.532. The van der Waals surface area contributed by atoms with Crippen LogP contribution in [-0.2, 0) is 12.8 Å². The van der Waals surface area contributed by atoms with Crippen LogP contribution in [0.15, 0.2) is 35.2 Å². The van der Waals surface area contributed by atoms with E-state index in [-0.39, 0.29) is 11.5 Å². The number of aryl methyl sites for hydroxylation is 2. The second kappa shape index (κ2) is 5.92. The summed E-state index contributed by atoms with van der Waals surface area (Å²) in [7, 11) is 0. The molecule has 0 radical (unpaired) electrons. The minimum absolute atomic E-state index is 0.0824. The van der Waals surface area contributed by atoms with E-state index in [1.165, 1.54) is 5.56 Å². The van der Waals surface area contributed by atoms with E-state index in [0.29, 0.717) is 17.0 Å². The average molecular weight is 289 g/mol. The number of pyridine rings is 1. The number of hydrogen-bond donors (Lipinski definition) is 2. The highest BCUT2D eigenvalue weighted by Gasteiger charge is 2.22. The summed E-state index contributed by atoms with van der Waals surface area (Å²) in [5.41, 5.74) is 8.02. The Morgan fingerprint density at radius 2 is 1.95 bits per heavy atom. The smallest absolute Gasteiger partial charge is 0.324 e. The van der Waals surface area contributed by atoms with Crippen LogP contribution >= 0.6 is 12.6 Å². The van der Waals surface area contributed by atoms with Gasteiger partial charge in [-0.15, -0.1) is 12.6 Å². The first-order valence-electron chi connectivity index (χ1n) is 6.17. The molecular formula is C14H15N3O2S. The summed E-state index contributed by atoms with van der Waals surface area (Å²) in [6.07, 6.45) is 1.42. The van der Waals surface area contributed by atoms with E-state index in [9.17, 15) is 10.1 Å². The maximum atomic E-state index is 11.0. The number of anilines is 1. The molecular weight excluding hydrogens is 274 g/mol. The lowest BCUT2D eigenvalue weighted by Gasteiger charge is -2.10. The topological polar surface area (TPSA) is 82.0 Å². The monoisotopic (exact) mass is 289 g/mol. The molecule has 0 amide bonds. The van der Waals surface area contributed by atoms with Gasteiger partial charge in [-0.25, -0.2) is 4.98 Å². The van der Waals surface area contributed by atoms with Crippen molar-refractivity contribution in [1.82, 2.24) is 4.98 Å². The summed E-state index contributed by atoms with van der Waals surface area (Å²) in [6.45, 7) is 1.79. The summed E-state index contributed by atoms with van der Waals surface area (Å²) in [5, 5.41) is 11.0. The molecule has 1 aromatic heterocycles. The van der Waals surface area contributed by atoms with Gasteiger partial charge in [-0.3, -0.25) is 10.1 Å². The van der Waals surface area contributed by atoms with Gasteiger partial charge in [0.25, 0.3) is 0 Å². The van der Waals surface area contributed by atoms with Crippen molar-refractivity contribution in [3.63, 3.8) is 0 Å². The van der Waals surface area contributed by atoms with Crippen LogP contribution in [0.2, 0.25) is 0 Å². The van der Waals surface area contributed by atoms with Gasteiger partial charge in [0.2, 0.25) is 5.82 Å². The Bertz CT molecular complexity index is 645. The van der Waals surface area contributed by atoms with Gasteiger partial charge in [0.1, 0.15) is 0 Å². The Morgan fingerprint density at radius 1 is 1.30 bits per heavy atom. The molecule has 0 bridgehead atoms.